The maximum atomic E-state index is 10.5. The van der Waals surface area contributed by atoms with Gasteiger partial charge in [-0.2, -0.15) is 0 Å². The fraction of sp³-hybridized carbons (Fsp3) is 0.312. The average Bonchev–Trinajstić information content (AvgIpc) is 2.54. The van der Waals surface area contributed by atoms with Gasteiger partial charge in [0.2, 0.25) is 6.41 Å². The van der Waals surface area contributed by atoms with Gasteiger partial charge in [0.15, 0.2) is 5.82 Å². The van der Waals surface area contributed by atoms with Gasteiger partial charge in [-0.3, -0.25) is 4.79 Å². The van der Waals surface area contributed by atoms with E-state index in [1.807, 2.05) is 26.0 Å². The Kier molecular flexibility index (Phi) is 5.30. The normalized spacial score (nSPS) is 11.7. The molecule has 0 saturated heterocycles. The molecule has 6 heteroatoms. The molecule has 3 N–H and O–H groups in total. The minimum atomic E-state index is 0.0447. The highest BCUT2D eigenvalue weighted by Gasteiger charge is 2.09. The first-order valence-electron chi connectivity index (χ1n) is 7.20. The molecule has 1 atom stereocenters. The van der Waals surface area contributed by atoms with Crippen molar-refractivity contribution in [2.45, 2.75) is 26.3 Å². The maximum Gasteiger partial charge on any atom is 0.207 e. The van der Waals surface area contributed by atoms with Gasteiger partial charge in [-0.15, -0.1) is 0 Å². The van der Waals surface area contributed by atoms with Crippen molar-refractivity contribution >= 4 is 12.2 Å². The lowest BCUT2D eigenvalue weighted by Gasteiger charge is -2.15. The number of rotatable bonds is 7. The summed E-state index contributed by atoms with van der Waals surface area (Å²) >= 11 is 0. The number of nitrogens with zero attached hydrogens (tertiary/aromatic N) is 2. The van der Waals surface area contributed by atoms with Crippen LogP contribution in [0.25, 0.3) is 11.4 Å². The number of anilines is 1. The third-order valence-electron chi connectivity index (χ3n) is 3.37. The maximum absolute atomic E-state index is 10.5. The van der Waals surface area contributed by atoms with Crippen molar-refractivity contribution in [2.24, 2.45) is 0 Å². The molecule has 0 aliphatic carbocycles. The number of aromatic hydroxyl groups is 1. The highest BCUT2D eigenvalue weighted by Crippen LogP contribution is 2.27. The molecule has 0 spiro atoms. The number of carbonyl (C=O) groups is 1. The van der Waals surface area contributed by atoms with Gasteiger partial charge in [0.1, 0.15) is 11.6 Å². The van der Waals surface area contributed by atoms with Crippen molar-refractivity contribution in [3.8, 4) is 17.1 Å². The average molecular weight is 300 g/mol. The Balaban J connectivity index is 2.16. The molecular weight excluding hydrogens is 280 g/mol. The quantitative estimate of drug-likeness (QED) is 0.682. The molecule has 0 radical (unpaired) electrons. The molecule has 0 fully saturated rings. The topological polar surface area (TPSA) is 87.1 Å². The number of aromatic nitrogens is 2. The van der Waals surface area contributed by atoms with Crippen LogP contribution in [-0.4, -0.2) is 34.1 Å². The number of hydrogen-bond acceptors (Lipinski definition) is 5. The number of phenolic OH excluding ortho intramolecular Hbond substituents is 1. The lowest BCUT2D eigenvalue weighted by atomic mass is 10.1. The minimum Gasteiger partial charge on any atom is -0.507 e. The second-order valence-electron chi connectivity index (χ2n) is 5.06. The number of nitrogens with one attached hydrogen (secondary N) is 2. The zero-order valence-electron chi connectivity index (χ0n) is 12.7. The van der Waals surface area contributed by atoms with Crippen LogP contribution in [-0.2, 0) is 4.79 Å². The first kappa shape index (κ1) is 15.8. The summed E-state index contributed by atoms with van der Waals surface area (Å²) in [5.41, 5.74) is 1.62. The molecule has 0 aliphatic heterocycles. The predicted octanol–water partition coefficient (Wildman–Crippen LogP) is 2.09. The number of aryl methyl sites for hydroxylation is 1. The second-order valence-corrected chi connectivity index (χ2v) is 5.06. The molecule has 1 aromatic carbocycles. The van der Waals surface area contributed by atoms with Gasteiger partial charge in [-0.1, -0.05) is 18.6 Å². The Bertz CT molecular complexity index is 646. The molecule has 0 aliphatic rings. The molecule has 2 aromatic rings. The summed E-state index contributed by atoms with van der Waals surface area (Å²) in [7, 11) is 0. The number of carbonyl (C=O) groups excluding carboxylic acids is 1. The monoisotopic (exact) mass is 300 g/mol. The van der Waals surface area contributed by atoms with Crippen LogP contribution in [0.15, 0.2) is 30.5 Å². The van der Waals surface area contributed by atoms with Crippen LogP contribution in [0, 0.1) is 6.92 Å². The summed E-state index contributed by atoms with van der Waals surface area (Å²) in [6.07, 6.45) is 3.16. The number of phenols is 1. The molecule has 0 bridgehead atoms. The summed E-state index contributed by atoms with van der Waals surface area (Å²) in [6.45, 7) is 4.52. The van der Waals surface area contributed by atoms with E-state index in [1.165, 1.54) is 0 Å². The SMILES string of the molecule is CC[C@H](CNc1ccnc(-c2cc(C)ccc2O)n1)NC=O. The van der Waals surface area contributed by atoms with E-state index in [1.54, 1.807) is 18.3 Å². The van der Waals surface area contributed by atoms with Crippen molar-refractivity contribution in [3.63, 3.8) is 0 Å². The van der Waals surface area contributed by atoms with Crippen molar-refractivity contribution in [3.05, 3.63) is 36.0 Å². The van der Waals surface area contributed by atoms with Gasteiger partial charge in [-0.25, -0.2) is 9.97 Å². The molecule has 1 aromatic heterocycles. The van der Waals surface area contributed by atoms with Crippen molar-refractivity contribution in [1.29, 1.82) is 0 Å². The second kappa shape index (κ2) is 7.40. The molecule has 116 valence electrons. The smallest absolute Gasteiger partial charge is 0.207 e. The third-order valence-corrected chi connectivity index (χ3v) is 3.37. The van der Waals surface area contributed by atoms with Crippen molar-refractivity contribution < 1.29 is 9.90 Å². The van der Waals surface area contributed by atoms with E-state index >= 15 is 0 Å². The molecule has 6 nitrogen and oxygen atoms in total. The van der Waals surface area contributed by atoms with Gasteiger partial charge in [-0.05, 0) is 31.5 Å². The summed E-state index contributed by atoms with van der Waals surface area (Å²) < 4.78 is 0. The minimum absolute atomic E-state index is 0.0447. The zero-order valence-corrected chi connectivity index (χ0v) is 12.7. The largest absolute Gasteiger partial charge is 0.507 e. The zero-order chi connectivity index (χ0) is 15.9. The van der Waals surface area contributed by atoms with Crippen LogP contribution in [0.2, 0.25) is 0 Å². The van der Waals surface area contributed by atoms with Crippen LogP contribution in [0.3, 0.4) is 0 Å². The number of amides is 1. The fourth-order valence-electron chi connectivity index (χ4n) is 2.06. The van der Waals surface area contributed by atoms with E-state index in [9.17, 15) is 9.90 Å². The van der Waals surface area contributed by atoms with Crippen LogP contribution in [0.4, 0.5) is 5.82 Å². The van der Waals surface area contributed by atoms with E-state index in [-0.39, 0.29) is 11.8 Å². The molecule has 1 amide bonds. The van der Waals surface area contributed by atoms with Crippen LogP contribution < -0.4 is 10.6 Å². The Labute approximate surface area is 129 Å². The summed E-state index contributed by atoms with van der Waals surface area (Å²) in [4.78, 5) is 19.1. The van der Waals surface area contributed by atoms with Gasteiger partial charge in [0, 0.05) is 18.8 Å². The molecule has 2 rings (SSSR count). The Hall–Kier alpha value is -2.63. The van der Waals surface area contributed by atoms with Gasteiger partial charge in [0.25, 0.3) is 0 Å². The van der Waals surface area contributed by atoms with E-state index in [0.29, 0.717) is 30.2 Å². The van der Waals surface area contributed by atoms with Crippen molar-refractivity contribution in [2.75, 3.05) is 11.9 Å². The summed E-state index contributed by atoms with van der Waals surface area (Å²) in [5, 5.41) is 15.9. The Morgan fingerprint density at radius 3 is 2.91 bits per heavy atom. The molecule has 0 saturated carbocycles. The number of benzene rings is 1. The van der Waals surface area contributed by atoms with Crippen molar-refractivity contribution in [1.82, 2.24) is 15.3 Å². The Morgan fingerprint density at radius 1 is 1.36 bits per heavy atom. The van der Waals surface area contributed by atoms with E-state index < -0.39 is 0 Å². The third kappa shape index (κ3) is 3.94. The molecule has 1 heterocycles. The summed E-state index contributed by atoms with van der Waals surface area (Å²) in [6, 6.07) is 7.11. The molecular formula is C16H20N4O2. The van der Waals surface area contributed by atoms with Crippen LogP contribution in [0.5, 0.6) is 5.75 Å². The highest BCUT2D eigenvalue weighted by molar-refractivity contribution is 5.65. The summed E-state index contributed by atoms with van der Waals surface area (Å²) in [5.74, 6) is 1.26. The standard InChI is InChI=1S/C16H20N4O2/c1-3-12(19-10-21)9-18-15-6-7-17-16(20-15)13-8-11(2)4-5-14(13)22/h4-8,10,12,22H,3,9H2,1-2H3,(H,19,21)(H,17,18,20)/t12-/m1/s1. The van der Waals surface area contributed by atoms with Crippen LogP contribution in [0.1, 0.15) is 18.9 Å². The number of hydrogen-bond donors (Lipinski definition) is 3. The first-order chi connectivity index (χ1) is 10.6. The van der Waals surface area contributed by atoms with Gasteiger partial charge >= 0.3 is 0 Å². The van der Waals surface area contributed by atoms with E-state index in [4.69, 9.17) is 0 Å². The van der Waals surface area contributed by atoms with Gasteiger partial charge in [0.05, 0.1) is 5.56 Å². The molecule has 22 heavy (non-hydrogen) atoms. The first-order valence-corrected chi connectivity index (χ1v) is 7.20. The van der Waals surface area contributed by atoms with E-state index in [2.05, 4.69) is 20.6 Å². The van der Waals surface area contributed by atoms with Crippen LogP contribution >= 0.6 is 0 Å². The van der Waals surface area contributed by atoms with Gasteiger partial charge < -0.3 is 15.7 Å². The highest BCUT2D eigenvalue weighted by atomic mass is 16.3. The van der Waals surface area contributed by atoms with E-state index in [0.717, 1.165) is 12.0 Å². The lowest BCUT2D eigenvalue weighted by Crippen LogP contribution is -2.34. The predicted molar refractivity (Wildman–Crippen MR) is 85.6 cm³/mol. The Morgan fingerprint density at radius 2 is 2.18 bits per heavy atom. The lowest BCUT2D eigenvalue weighted by molar-refractivity contribution is -0.110. The fourth-order valence-corrected chi connectivity index (χ4v) is 2.06. The molecule has 0 unspecified atom stereocenters.